The van der Waals surface area contributed by atoms with Gasteiger partial charge in [-0.3, -0.25) is 19.2 Å². The fourth-order valence-corrected chi connectivity index (χ4v) is 7.22. The van der Waals surface area contributed by atoms with Crippen LogP contribution in [0.5, 0.6) is 28.9 Å². The van der Waals surface area contributed by atoms with Crippen molar-refractivity contribution in [1.29, 1.82) is 0 Å². The zero-order chi connectivity index (χ0) is 43.7. The smallest absolute Gasteiger partial charge is 0.508 e. The third kappa shape index (κ3) is 11.5. The molecule has 0 aliphatic carbocycles. The van der Waals surface area contributed by atoms with Crippen LogP contribution in [0.25, 0.3) is 16.9 Å². The van der Waals surface area contributed by atoms with E-state index in [1.165, 1.54) is 0 Å². The maximum Gasteiger partial charge on any atom is 2.00 e. The van der Waals surface area contributed by atoms with Crippen LogP contribution in [0.1, 0.15) is 39.2 Å². The number of amides is 1. The van der Waals surface area contributed by atoms with Crippen molar-refractivity contribution in [1.82, 2.24) is 19.7 Å². The van der Waals surface area contributed by atoms with Gasteiger partial charge in [-0.1, -0.05) is 84.9 Å². The minimum Gasteiger partial charge on any atom is -0.508 e. The molecule has 13 heteroatoms. The first-order valence-corrected chi connectivity index (χ1v) is 20.4. The van der Waals surface area contributed by atoms with Crippen molar-refractivity contribution in [3.8, 4) is 40.1 Å². The molecule has 2 aromatic heterocycles. The summed E-state index contributed by atoms with van der Waals surface area (Å²) < 4.78 is 1.67. The molecule has 8 aromatic rings. The number of rotatable bonds is 11. The molecule has 9 rings (SSSR count). The van der Waals surface area contributed by atoms with Gasteiger partial charge in [0.25, 0.3) is 0 Å². The average Bonchev–Trinajstić information content (AvgIpc) is 3.61. The van der Waals surface area contributed by atoms with E-state index in [4.69, 9.17) is 15.0 Å². The standard InChI is InChI=1S/C26H21N3O3.C25H23N3O3.Ca/c30-20-10-6-18(7-11-20)15-23-26(32)29-16-24(19-8-12-21(31)13-9-19)27-22(25(29)28-23)14-17-4-2-1-3-5-17;29-20-10-6-18(7-11-20)15-24(31)28-25-22(14-17-4-2-1-3-5-17)27-23(16-26-25)19-8-12-21(30)13-9-19;/h1-13,16,30-32H,14-15H2;1-13,16,22,25,29-30H,14-15H2,(H,28,31);/q;;+2. The largest absolute Gasteiger partial charge is 2.00 e. The summed E-state index contributed by atoms with van der Waals surface area (Å²) in [5.74, 6) is 0.637. The van der Waals surface area contributed by atoms with Gasteiger partial charge >= 0.3 is 37.7 Å². The molecule has 64 heavy (non-hydrogen) atoms. The van der Waals surface area contributed by atoms with Crippen LogP contribution in [0.3, 0.4) is 0 Å². The fourth-order valence-electron chi connectivity index (χ4n) is 7.22. The minimum absolute atomic E-state index is 0. The Morgan fingerprint density at radius 2 is 1.06 bits per heavy atom. The summed E-state index contributed by atoms with van der Waals surface area (Å²) in [6.45, 7) is 0. The van der Waals surface area contributed by atoms with Crippen LogP contribution in [0.2, 0.25) is 0 Å². The third-order valence-electron chi connectivity index (χ3n) is 10.5. The van der Waals surface area contributed by atoms with Crippen molar-refractivity contribution < 1.29 is 30.3 Å². The number of aromatic hydroxyl groups is 5. The molecule has 0 radical (unpaired) electrons. The van der Waals surface area contributed by atoms with Crippen molar-refractivity contribution in [2.24, 2.45) is 9.98 Å². The Morgan fingerprint density at radius 3 is 1.66 bits per heavy atom. The molecule has 314 valence electrons. The van der Waals surface area contributed by atoms with Crippen LogP contribution < -0.4 is 5.32 Å². The summed E-state index contributed by atoms with van der Waals surface area (Å²) in [5.41, 5.74) is 8.88. The number of carbonyl (C=O) groups excluding carboxylic acids is 1. The van der Waals surface area contributed by atoms with Gasteiger partial charge in [-0.05, 0) is 101 Å². The Hall–Kier alpha value is -6.99. The predicted molar refractivity (Wildman–Crippen MR) is 248 cm³/mol. The van der Waals surface area contributed by atoms with Crippen molar-refractivity contribution in [3.05, 3.63) is 203 Å². The molecule has 0 spiro atoms. The van der Waals surface area contributed by atoms with E-state index >= 15 is 0 Å². The van der Waals surface area contributed by atoms with E-state index in [-0.39, 0.29) is 85.0 Å². The van der Waals surface area contributed by atoms with Gasteiger partial charge < -0.3 is 30.8 Å². The second kappa shape index (κ2) is 20.9. The average molecular weight is 877 g/mol. The Labute approximate surface area is 399 Å². The Kier molecular flexibility index (Phi) is 14.7. The molecule has 1 aliphatic rings. The van der Waals surface area contributed by atoms with E-state index < -0.39 is 6.17 Å². The number of aliphatic imine (C=N–C) groups is 2. The molecule has 2 unspecified atom stereocenters. The maximum absolute atomic E-state index is 12.6. The molecule has 1 aliphatic heterocycles. The van der Waals surface area contributed by atoms with Crippen LogP contribution in [0.4, 0.5) is 0 Å². The second-order valence-corrected chi connectivity index (χ2v) is 15.2. The molecule has 3 heterocycles. The van der Waals surface area contributed by atoms with Crippen molar-refractivity contribution in [2.45, 2.75) is 37.9 Å². The first kappa shape index (κ1) is 45.0. The molecule has 2 atom stereocenters. The molecule has 6 aromatic carbocycles. The second-order valence-electron chi connectivity index (χ2n) is 15.2. The summed E-state index contributed by atoms with van der Waals surface area (Å²) in [6.07, 6.45) is 4.75. The quantitative estimate of drug-likeness (QED) is 0.0719. The summed E-state index contributed by atoms with van der Waals surface area (Å²) in [7, 11) is 0. The molecule has 1 amide bonds. The molecule has 0 saturated carbocycles. The Balaban J connectivity index is 0.000000189. The maximum atomic E-state index is 12.6. The zero-order valence-corrected chi connectivity index (χ0v) is 36.9. The van der Waals surface area contributed by atoms with Gasteiger partial charge in [0.05, 0.1) is 29.6 Å². The topological polar surface area (TPSA) is 185 Å². The third-order valence-corrected chi connectivity index (χ3v) is 10.5. The Bertz CT molecular complexity index is 2870. The number of fused-ring (bicyclic) bond motifs is 1. The molecule has 0 bridgehead atoms. The number of phenols is 4. The molecule has 6 N–H and O–H groups in total. The van der Waals surface area contributed by atoms with Crippen LogP contribution in [0.15, 0.2) is 174 Å². The number of benzene rings is 6. The van der Waals surface area contributed by atoms with E-state index in [2.05, 4.69) is 10.3 Å². The van der Waals surface area contributed by atoms with Gasteiger partial charge in [0.1, 0.15) is 34.9 Å². The normalized spacial score (nSPS) is 14.2. The van der Waals surface area contributed by atoms with E-state index in [9.17, 15) is 30.3 Å². The first-order chi connectivity index (χ1) is 30.6. The van der Waals surface area contributed by atoms with Gasteiger partial charge in [-0.15, -0.1) is 0 Å². The molecule has 12 nitrogen and oxygen atoms in total. The van der Waals surface area contributed by atoms with E-state index in [0.717, 1.165) is 39.1 Å². The number of nitrogens with one attached hydrogen (secondary N) is 1. The van der Waals surface area contributed by atoms with Crippen LogP contribution in [-0.2, 0) is 30.5 Å². The fraction of sp³-hybridized carbons (Fsp3) is 0.118. The number of nitrogens with zero attached hydrogens (tertiary/aromatic N) is 5. The number of aromatic nitrogens is 3. The minimum atomic E-state index is -0.481. The first-order valence-electron chi connectivity index (χ1n) is 20.4. The van der Waals surface area contributed by atoms with E-state index in [0.29, 0.717) is 42.0 Å². The van der Waals surface area contributed by atoms with Crippen molar-refractivity contribution >= 4 is 61.2 Å². The molecule has 0 fully saturated rings. The summed E-state index contributed by atoms with van der Waals surface area (Å²) in [4.78, 5) is 31.7. The van der Waals surface area contributed by atoms with Crippen LogP contribution >= 0.6 is 0 Å². The van der Waals surface area contributed by atoms with Gasteiger partial charge in [0.15, 0.2) is 5.65 Å². The van der Waals surface area contributed by atoms with Gasteiger partial charge in [-0.25, -0.2) is 9.97 Å². The number of carbonyl (C=O) groups is 1. The van der Waals surface area contributed by atoms with Crippen molar-refractivity contribution in [2.75, 3.05) is 0 Å². The molecular weight excluding hydrogens is 833 g/mol. The number of hydrogen-bond donors (Lipinski definition) is 6. The summed E-state index contributed by atoms with van der Waals surface area (Å²) in [6, 6.07) is 46.8. The van der Waals surface area contributed by atoms with E-state index in [1.807, 2.05) is 72.8 Å². The predicted octanol–water partition coefficient (Wildman–Crippen LogP) is 7.58. The SMILES string of the molecule is O=C(Cc1ccc(O)cc1)NC1N=CC(c2ccc(O)cc2)=NC1Cc1ccccc1.Oc1ccc(Cc2nc3c(Cc4ccccc4)nc(-c4ccc(O)cc4)cn3c2O)cc1.[Ca+2]. The van der Waals surface area contributed by atoms with Gasteiger partial charge in [-0.2, -0.15) is 0 Å². The van der Waals surface area contributed by atoms with E-state index in [1.54, 1.807) is 102 Å². The van der Waals surface area contributed by atoms with Crippen LogP contribution in [0, 0.1) is 0 Å². The summed E-state index contributed by atoms with van der Waals surface area (Å²) in [5, 5.41) is 52.1. The monoisotopic (exact) mass is 876 g/mol. The van der Waals surface area contributed by atoms with Crippen molar-refractivity contribution in [3.63, 3.8) is 0 Å². The number of hydrogen-bond acceptors (Lipinski definition) is 10. The number of imidazole rings is 1. The zero-order valence-electron chi connectivity index (χ0n) is 34.7. The number of phenolic OH excluding ortho intramolecular Hbond substituents is 4. The van der Waals surface area contributed by atoms with Crippen LogP contribution in [-0.4, -0.2) is 108 Å². The molecule has 0 saturated heterocycles. The Morgan fingerprint density at radius 1 is 0.562 bits per heavy atom. The van der Waals surface area contributed by atoms with Gasteiger partial charge in [0, 0.05) is 36.4 Å². The van der Waals surface area contributed by atoms with Gasteiger partial charge in [0.2, 0.25) is 11.8 Å². The summed E-state index contributed by atoms with van der Waals surface area (Å²) >= 11 is 0. The molecular formula is C51H44CaN6O6+2.